The minimum Gasteiger partial charge on any atom is -0.290 e. The summed E-state index contributed by atoms with van der Waals surface area (Å²) in [6, 6.07) is 0. The number of fused-ring (bicyclic) bond motifs is 1. The predicted molar refractivity (Wildman–Crippen MR) is 76.8 cm³/mol. The Hall–Kier alpha value is -1.15. The summed E-state index contributed by atoms with van der Waals surface area (Å²) in [5.74, 6) is 0.602. The highest BCUT2D eigenvalue weighted by atomic mass is 32.1. The van der Waals surface area contributed by atoms with Gasteiger partial charge in [-0.15, -0.1) is 0 Å². The molecular weight excluding hydrogens is 272 g/mol. The second-order valence-electron chi connectivity index (χ2n) is 4.08. The number of hydrogen-bond acceptors (Lipinski definition) is 5. The number of aromatic nitrogens is 4. The van der Waals surface area contributed by atoms with Crippen LogP contribution in [0.1, 0.15) is 6.42 Å². The first kappa shape index (κ1) is 13.3. The van der Waals surface area contributed by atoms with E-state index in [1.165, 1.54) is 9.25 Å². The van der Waals surface area contributed by atoms with Crippen LogP contribution in [0.4, 0.5) is 0 Å². The summed E-state index contributed by atoms with van der Waals surface area (Å²) in [4.78, 5) is 26.5. The molecule has 8 heteroatoms. The standard InChI is InChI=1S/C10H14N4O2S2/c1-13-4-7-8(12-13)11-10(16)14(9(7)15)3-2-6(18)5-17/h4,6,17-18H,2-3,5H2,1H3,(H,11,12,16). The van der Waals surface area contributed by atoms with Crippen molar-refractivity contribution in [3.63, 3.8) is 0 Å². The van der Waals surface area contributed by atoms with Crippen LogP contribution in [0.3, 0.4) is 0 Å². The minimum absolute atomic E-state index is 0.0595. The molecule has 18 heavy (non-hydrogen) atoms. The lowest BCUT2D eigenvalue weighted by Gasteiger charge is -2.08. The van der Waals surface area contributed by atoms with E-state index in [0.29, 0.717) is 29.8 Å². The van der Waals surface area contributed by atoms with Gasteiger partial charge >= 0.3 is 5.69 Å². The van der Waals surface area contributed by atoms with Crippen LogP contribution in [-0.4, -0.2) is 30.3 Å². The number of nitrogens with zero attached hydrogens (tertiary/aromatic N) is 3. The first-order chi connectivity index (χ1) is 8.52. The number of aryl methyl sites for hydroxylation is 1. The molecular formula is C10H14N4O2S2. The van der Waals surface area contributed by atoms with Gasteiger partial charge in [0.25, 0.3) is 5.56 Å². The monoisotopic (exact) mass is 286 g/mol. The number of nitrogens with one attached hydrogen (secondary N) is 1. The molecule has 0 radical (unpaired) electrons. The molecule has 0 aliphatic rings. The van der Waals surface area contributed by atoms with Crippen molar-refractivity contribution >= 4 is 36.3 Å². The van der Waals surface area contributed by atoms with Crippen LogP contribution in [-0.2, 0) is 13.6 Å². The lowest BCUT2D eigenvalue weighted by molar-refractivity contribution is 0.598. The van der Waals surface area contributed by atoms with Crippen molar-refractivity contribution in [1.29, 1.82) is 0 Å². The van der Waals surface area contributed by atoms with Crippen LogP contribution in [0.5, 0.6) is 0 Å². The van der Waals surface area contributed by atoms with Crippen molar-refractivity contribution in [3.8, 4) is 0 Å². The molecule has 98 valence electrons. The third-order valence-corrected chi connectivity index (χ3v) is 3.84. The van der Waals surface area contributed by atoms with Crippen molar-refractivity contribution < 1.29 is 0 Å². The number of thiol groups is 2. The van der Waals surface area contributed by atoms with Crippen molar-refractivity contribution in [1.82, 2.24) is 19.3 Å². The average molecular weight is 286 g/mol. The van der Waals surface area contributed by atoms with Gasteiger partial charge in [0.1, 0.15) is 5.39 Å². The predicted octanol–water partition coefficient (Wildman–Crippen LogP) is 0.0416. The fourth-order valence-corrected chi connectivity index (χ4v) is 2.01. The topological polar surface area (TPSA) is 72.7 Å². The zero-order valence-electron chi connectivity index (χ0n) is 9.83. The zero-order valence-corrected chi connectivity index (χ0v) is 11.6. The summed E-state index contributed by atoms with van der Waals surface area (Å²) in [6.45, 7) is 0.327. The van der Waals surface area contributed by atoms with Crippen LogP contribution >= 0.6 is 25.3 Å². The molecule has 0 saturated heterocycles. The lowest BCUT2D eigenvalue weighted by atomic mass is 10.3. The lowest BCUT2D eigenvalue weighted by Crippen LogP contribution is -2.35. The Morgan fingerprint density at radius 1 is 1.50 bits per heavy atom. The van der Waals surface area contributed by atoms with Crippen molar-refractivity contribution in [3.05, 3.63) is 27.0 Å². The van der Waals surface area contributed by atoms with E-state index in [4.69, 9.17) is 0 Å². The second kappa shape index (κ2) is 5.23. The van der Waals surface area contributed by atoms with Gasteiger partial charge in [0, 0.05) is 30.8 Å². The Kier molecular flexibility index (Phi) is 3.86. The van der Waals surface area contributed by atoms with E-state index < -0.39 is 5.69 Å². The molecule has 2 rings (SSSR count). The van der Waals surface area contributed by atoms with Gasteiger partial charge < -0.3 is 0 Å². The van der Waals surface area contributed by atoms with E-state index in [-0.39, 0.29) is 10.8 Å². The molecule has 1 unspecified atom stereocenters. The minimum atomic E-state index is -0.439. The Morgan fingerprint density at radius 2 is 2.22 bits per heavy atom. The number of rotatable bonds is 4. The van der Waals surface area contributed by atoms with Gasteiger partial charge in [0.05, 0.1) is 0 Å². The normalized spacial score (nSPS) is 13.1. The molecule has 0 aliphatic heterocycles. The van der Waals surface area contributed by atoms with E-state index in [1.807, 2.05) is 0 Å². The van der Waals surface area contributed by atoms with Gasteiger partial charge in [-0.2, -0.15) is 30.4 Å². The van der Waals surface area contributed by atoms with Gasteiger partial charge in [-0.1, -0.05) is 0 Å². The molecule has 0 spiro atoms. The van der Waals surface area contributed by atoms with Gasteiger partial charge in [-0.25, -0.2) is 4.79 Å². The van der Waals surface area contributed by atoms with E-state index in [9.17, 15) is 9.59 Å². The maximum atomic E-state index is 12.1. The maximum absolute atomic E-state index is 12.1. The molecule has 0 aliphatic carbocycles. The van der Waals surface area contributed by atoms with E-state index >= 15 is 0 Å². The smallest absolute Gasteiger partial charge is 0.290 e. The molecule has 1 atom stereocenters. The molecule has 1 N–H and O–H groups in total. The van der Waals surface area contributed by atoms with E-state index in [1.54, 1.807) is 13.2 Å². The summed E-state index contributed by atoms with van der Waals surface area (Å²) in [7, 11) is 1.70. The Balaban J connectivity index is 2.44. The van der Waals surface area contributed by atoms with Crippen LogP contribution in [0.15, 0.2) is 15.8 Å². The number of aromatic amines is 1. The van der Waals surface area contributed by atoms with Crippen molar-refractivity contribution in [2.75, 3.05) is 5.75 Å². The summed E-state index contributed by atoms with van der Waals surface area (Å²) >= 11 is 8.40. The molecule has 0 saturated carbocycles. The zero-order chi connectivity index (χ0) is 13.3. The maximum Gasteiger partial charge on any atom is 0.330 e. The van der Waals surface area contributed by atoms with Gasteiger partial charge in [-0.05, 0) is 6.42 Å². The highest BCUT2D eigenvalue weighted by Gasteiger charge is 2.11. The summed E-state index contributed by atoms with van der Waals surface area (Å²) in [6.07, 6.45) is 2.21. The van der Waals surface area contributed by atoms with Crippen LogP contribution in [0.2, 0.25) is 0 Å². The summed E-state index contributed by atoms with van der Waals surface area (Å²) in [5.41, 5.74) is -0.437. The molecule has 0 aromatic carbocycles. The largest absolute Gasteiger partial charge is 0.330 e. The third kappa shape index (κ3) is 2.49. The number of H-pyrrole nitrogens is 1. The molecule has 0 bridgehead atoms. The highest BCUT2D eigenvalue weighted by molar-refractivity contribution is 7.84. The first-order valence-corrected chi connectivity index (χ1v) is 6.63. The Bertz CT molecular complexity index is 673. The van der Waals surface area contributed by atoms with Crippen LogP contribution in [0.25, 0.3) is 11.0 Å². The fraction of sp³-hybridized carbons (Fsp3) is 0.500. The van der Waals surface area contributed by atoms with Gasteiger partial charge in [-0.3, -0.25) is 19.0 Å². The molecule has 0 amide bonds. The first-order valence-electron chi connectivity index (χ1n) is 5.48. The van der Waals surface area contributed by atoms with Gasteiger partial charge in [0.2, 0.25) is 0 Å². The Morgan fingerprint density at radius 3 is 2.89 bits per heavy atom. The summed E-state index contributed by atoms with van der Waals surface area (Å²) < 4.78 is 2.68. The number of hydrogen-bond donors (Lipinski definition) is 3. The third-order valence-electron chi connectivity index (χ3n) is 2.67. The van der Waals surface area contributed by atoms with E-state index in [2.05, 4.69) is 35.3 Å². The molecule has 2 heterocycles. The Labute approximate surface area is 114 Å². The van der Waals surface area contributed by atoms with Crippen molar-refractivity contribution in [2.24, 2.45) is 7.05 Å². The molecule has 0 fully saturated rings. The van der Waals surface area contributed by atoms with E-state index in [0.717, 1.165) is 0 Å². The SMILES string of the molecule is Cn1cc2c(=O)n(CCC(S)CS)c(=O)[nH]c2n1. The highest BCUT2D eigenvalue weighted by Crippen LogP contribution is 2.05. The van der Waals surface area contributed by atoms with Crippen LogP contribution in [0, 0.1) is 0 Å². The van der Waals surface area contributed by atoms with Crippen LogP contribution < -0.4 is 11.2 Å². The van der Waals surface area contributed by atoms with Gasteiger partial charge in [0.15, 0.2) is 5.65 Å². The van der Waals surface area contributed by atoms with Crippen molar-refractivity contribution in [2.45, 2.75) is 18.2 Å². The fourth-order valence-electron chi connectivity index (χ4n) is 1.72. The second-order valence-corrected chi connectivity index (χ2v) is 5.17. The molecule has 2 aromatic rings. The molecule has 2 aromatic heterocycles. The molecule has 6 nitrogen and oxygen atoms in total. The average Bonchev–Trinajstić information content (AvgIpc) is 2.69. The summed E-state index contributed by atoms with van der Waals surface area (Å²) in [5, 5.41) is 4.48. The quantitative estimate of drug-likeness (QED) is 0.695.